The van der Waals surface area contributed by atoms with Crippen LogP contribution in [0, 0.1) is 34.5 Å². The first-order valence-corrected chi connectivity index (χ1v) is 16.6. The van der Waals surface area contributed by atoms with Gasteiger partial charge in [0.2, 0.25) is 0 Å². The van der Waals surface area contributed by atoms with E-state index in [2.05, 4.69) is 61.6 Å². The van der Waals surface area contributed by atoms with Gasteiger partial charge in [-0.1, -0.05) is 41.0 Å². The summed E-state index contributed by atoms with van der Waals surface area (Å²) in [6, 6.07) is 0. The summed E-state index contributed by atoms with van der Waals surface area (Å²) in [5, 5.41) is 0.263. The molecule has 0 radical (unpaired) electrons. The molecule has 0 bridgehead atoms. The van der Waals surface area contributed by atoms with Crippen LogP contribution in [0.2, 0.25) is 18.1 Å². The predicted molar refractivity (Wildman–Crippen MR) is 133 cm³/mol. The molecular formula is C28H50O3Si. The summed E-state index contributed by atoms with van der Waals surface area (Å²) in [6.07, 6.45) is 11.7. The third-order valence-corrected chi connectivity index (χ3v) is 16.1. The molecule has 0 spiro atoms. The fraction of sp³-hybridized carbons (Fsp3) is 1.00. The molecule has 4 aliphatic carbocycles. The van der Waals surface area contributed by atoms with Crippen molar-refractivity contribution in [3.63, 3.8) is 0 Å². The van der Waals surface area contributed by atoms with Crippen molar-refractivity contribution in [2.24, 2.45) is 34.5 Å². The van der Waals surface area contributed by atoms with Crippen LogP contribution >= 0.6 is 0 Å². The Hall–Kier alpha value is 0.0969. The Labute approximate surface area is 198 Å². The van der Waals surface area contributed by atoms with E-state index >= 15 is 0 Å². The highest BCUT2D eigenvalue weighted by atomic mass is 28.4. The first-order chi connectivity index (χ1) is 14.7. The molecule has 9 atom stereocenters. The van der Waals surface area contributed by atoms with Crippen molar-refractivity contribution in [2.75, 3.05) is 0 Å². The Kier molecular flexibility index (Phi) is 5.44. The van der Waals surface area contributed by atoms with E-state index in [1.54, 1.807) is 0 Å². The smallest absolute Gasteiger partial charge is 0.192 e. The molecule has 1 heterocycles. The molecule has 1 saturated heterocycles. The van der Waals surface area contributed by atoms with E-state index in [0.29, 0.717) is 28.8 Å². The van der Waals surface area contributed by atoms with Crippen LogP contribution in [-0.4, -0.2) is 32.4 Å². The van der Waals surface area contributed by atoms with Crippen molar-refractivity contribution in [3.05, 3.63) is 0 Å². The van der Waals surface area contributed by atoms with Crippen LogP contribution in [0.25, 0.3) is 0 Å². The summed E-state index contributed by atoms with van der Waals surface area (Å²) in [5.74, 6) is 2.40. The van der Waals surface area contributed by atoms with E-state index in [9.17, 15) is 0 Å². The lowest BCUT2D eigenvalue weighted by molar-refractivity contribution is -0.184. The Bertz CT molecular complexity index is 741. The predicted octanol–water partition coefficient (Wildman–Crippen LogP) is 7.55. The van der Waals surface area contributed by atoms with E-state index in [4.69, 9.17) is 13.9 Å². The normalized spacial score (nSPS) is 50.3. The maximum Gasteiger partial charge on any atom is 0.192 e. The van der Waals surface area contributed by atoms with Gasteiger partial charge in [0.15, 0.2) is 14.1 Å². The number of hydrogen-bond acceptors (Lipinski definition) is 3. The minimum Gasteiger partial charge on any atom is -0.414 e. The summed E-state index contributed by atoms with van der Waals surface area (Å²) in [7, 11) is -1.77. The molecule has 0 aromatic rings. The van der Waals surface area contributed by atoms with Gasteiger partial charge in [0.25, 0.3) is 0 Å². The highest BCUT2D eigenvalue weighted by Gasteiger charge is 2.67. The molecule has 4 saturated carbocycles. The lowest BCUT2D eigenvalue weighted by Crippen LogP contribution is -2.63. The van der Waals surface area contributed by atoms with Crippen LogP contribution in [0.1, 0.15) is 99.8 Å². The summed E-state index contributed by atoms with van der Waals surface area (Å²) in [5.41, 5.74) is 0.903. The molecule has 0 aromatic carbocycles. The van der Waals surface area contributed by atoms with E-state index in [-0.39, 0.29) is 17.2 Å². The van der Waals surface area contributed by atoms with E-state index in [1.807, 2.05) is 0 Å². The maximum absolute atomic E-state index is 7.00. The number of hydrogen-bond donors (Lipinski definition) is 0. The van der Waals surface area contributed by atoms with Gasteiger partial charge in [0.1, 0.15) is 0 Å². The van der Waals surface area contributed by atoms with E-state index < -0.39 is 14.1 Å². The number of fused-ring (bicyclic) bond motifs is 8. The van der Waals surface area contributed by atoms with Gasteiger partial charge in [0, 0.05) is 6.10 Å². The second kappa shape index (κ2) is 7.31. The van der Waals surface area contributed by atoms with Gasteiger partial charge in [-0.2, -0.15) is 0 Å². The minimum atomic E-state index is -1.77. The molecule has 4 unspecified atom stereocenters. The minimum absolute atomic E-state index is 0.241. The zero-order valence-corrected chi connectivity index (χ0v) is 23.4. The topological polar surface area (TPSA) is 27.7 Å². The first-order valence-electron chi connectivity index (χ1n) is 13.7. The van der Waals surface area contributed by atoms with Crippen LogP contribution in [0.5, 0.6) is 0 Å². The molecule has 4 heteroatoms. The summed E-state index contributed by atoms with van der Waals surface area (Å²) < 4.78 is 20.6. The molecule has 32 heavy (non-hydrogen) atoms. The van der Waals surface area contributed by atoms with Crippen molar-refractivity contribution < 1.29 is 13.9 Å². The number of rotatable bonds is 2. The molecule has 5 aliphatic rings. The van der Waals surface area contributed by atoms with Gasteiger partial charge < -0.3 is 13.9 Å². The lowest BCUT2D eigenvalue weighted by Gasteiger charge is -2.63. The standard InChI is InChI=1S/C28H50O3Si/c1-25(2,3)32(8,9)31-18-12-16-28(7)20-13-15-27(6)14-10-11-19(27)22(20)24-23(21(28)17-18)29-26(4,5)30-24/h18-24H,10-17H2,1-9H3/t18-,19?,20?,21?,22?,23+,24+,27-,28+/m0/s1. The summed E-state index contributed by atoms with van der Waals surface area (Å²) >= 11 is 0. The highest BCUT2D eigenvalue weighted by Crippen LogP contribution is 2.68. The van der Waals surface area contributed by atoms with Gasteiger partial charge in [-0.15, -0.1) is 0 Å². The molecule has 184 valence electrons. The average molecular weight is 463 g/mol. The zero-order chi connectivity index (χ0) is 23.3. The van der Waals surface area contributed by atoms with Gasteiger partial charge in [0.05, 0.1) is 12.2 Å². The first kappa shape index (κ1) is 23.8. The highest BCUT2D eigenvalue weighted by molar-refractivity contribution is 6.74. The Morgan fingerprint density at radius 2 is 1.50 bits per heavy atom. The molecular weight excluding hydrogens is 412 g/mol. The molecule has 5 rings (SSSR count). The van der Waals surface area contributed by atoms with Crippen LogP contribution < -0.4 is 0 Å². The fourth-order valence-corrected chi connectivity index (χ4v) is 10.2. The van der Waals surface area contributed by atoms with Gasteiger partial charge in [-0.25, -0.2) is 0 Å². The SMILES string of the molecule is CC1(C)O[C@@H]2C3C4CCC[C@@]4(C)CCC3[C@@]3(C)CC[C@H](O[Si](C)(C)C(C)(C)C)CC3[C@H]2O1. The lowest BCUT2D eigenvalue weighted by atomic mass is 9.44. The van der Waals surface area contributed by atoms with Crippen molar-refractivity contribution in [3.8, 4) is 0 Å². The van der Waals surface area contributed by atoms with Gasteiger partial charge in [-0.3, -0.25) is 0 Å². The van der Waals surface area contributed by atoms with Crippen molar-refractivity contribution >= 4 is 8.32 Å². The molecule has 0 aromatic heterocycles. The zero-order valence-electron chi connectivity index (χ0n) is 22.4. The largest absolute Gasteiger partial charge is 0.414 e. The average Bonchev–Trinajstić information content (AvgIpc) is 3.20. The van der Waals surface area contributed by atoms with Gasteiger partial charge >= 0.3 is 0 Å². The van der Waals surface area contributed by atoms with Crippen molar-refractivity contribution in [1.29, 1.82) is 0 Å². The summed E-state index contributed by atoms with van der Waals surface area (Å²) in [6.45, 7) is 21.5. The third-order valence-electron chi connectivity index (χ3n) is 11.5. The summed E-state index contributed by atoms with van der Waals surface area (Å²) in [4.78, 5) is 0. The van der Waals surface area contributed by atoms with Crippen LogP contribution in [0.3, 0.4) is 0 Å². The molecule has 1 aliphatic heterocycles. The molecule has 5 fully saturated rings. The Balaban J connectivity index is 1.46. The van der Waals surface area contributed by atoms with E-state index in [1.165, 1.54) is 44.9 Å². The Morgan fingerprint density at radius 3 is 2.19 bits per heavy atom. The number of ether oxygens (including phenoxy) is 2. The Morgan fingerprint density at radius 1 is 0.812 bits per heavy atom. The van der Waals surface area contributed by atoms with Gasteiger partial charge in [-0.05, 0) is 111 Å². The van der Waals surface area contributed by atoms with E-state index in [0.717, 1.165) is 18.3 Å². The second-order valence-electron chi connectivity index (χ2n) is 14.8. The fourth-order valence-electron chi connectivity index (χ4n) is 8.84. The van der Waals surface area contributed by atoms with Crippen LogP contribution in [-0.2, 0) is 13.9 Å². The van der Waals surface area contributed by atoms with Crippen LogP contribution in [0.4, 0.5) is 0 Å². The second-order valence-corrected chi connectivity index (χ2v) is 19.6. The van der Waals surface area contributed by atoms with Crippen molar-refractivity contribution in [2.45, 2.75) is 142 Å². The molecule has 3 nitrogen and oxygen atoms in total. The molecule has 0 N–H and O–H groups in total. The van der Waals surface area contributed by atoms with Crippen LogP contribution in [0.15, 0.2) is 0 Å². The molecule has 0 amide bonds. The van der Waals surface area contributed by atoms with Crippen molar-refractivity contribution in [1.82, 2.24) is 0 Å². The monoisotopic (exact) mass is 462 g/mol. The maximum atomic E-state index is 7.00. The quantitative estimate of drug-likeness (QED) is 0.396. The third kappa shape index (κ3) is 3.52.